The van der Waals surface area contributed by atoms with Crippen molar-refractivity contribution in [2.24, 2.45) is 12.0 Å². The number of nitrogens with one attached hydrogen (secondary N) is 1. The van der Waals surface area contributed by atoms with E-state index in [4.69, 9.17) is 9.47 Å². The number of aromatic nitrogens is 2. The minimum absolute atomic E-state index is 0. The van der Waals surface area contributed by atoms with Gasteiger partial charge in [0.2, 0.25) is 0 Å². The normalized spacial score (nSPS) is 16.8. The summed E-state index contributed by atoms with van der Waals surface area (Å²) in [5.41, 5.74) is 2.36. The molecular weight excluding hydrogens is 457 g/mol. The zero-order valence-corrected chi connectivity index (χ0v) is 18.6. The van der Waals surface area contributed by atoms with Crippen LogP contribution in [0.3, 0.4) is 0 Å². The van der Waals surface area contributed by atoms with Crippen molar-refractivity contribution in [1.29, 1.82) is 0 Å². The Kier molecular flexibility index (Phi) is 7.76. The van der Waals surface area contributed by atoms with E-state index in [1.807, 2.05) is 43.2 Å². The summed E-state index contributed by atoms with van der Waals surface area (Å²) in [5, 5.41) is 7.74. The van der Waals surface area contributed by atoms with Gasteiger partial charge in [0.05, 0.1) is 20.4 Å². The molecule has 1 aromatic heterocycles. The van der Waals surface area contributed by atoms with Crippen LogP contribution in [0.25, 0.3) is 0 Å². The molecule has 2 heterocycles. The van der Waals surface area contributed by atoms with E-state index in [1.54, 1.807) is 14.2 Å². The first-order chi connectivity index (χ1) is 12.6. The molecule has 1 N–H and O–H groups in total. The summed E-state index contributed by atoms with van der Waals surface area (Å²) in [5.74, 6) is 3.00. The van der Waals surface area contributed by atoms with E-state index in [-0.39, 0.29) is 24.0 Å². The van der Waals surface area contributed by atoms with Crippen molar-refractivity contribution in [2.75, 3.05) is 34.4 Å². The van der Waals surface area contributed by atoms with Crippen LogP contribution in [0.4, 0.5) is 0 Å². The van der Waals surface area contributed by atoms with Crippen LogP contribution in [0.1, 0.15) is 23.5 Å². The molecule has 0 radical (unpaired) electrons. The maximum absolute atomic E-state index is 5.47. The lowest BCUT2D eigenvalue weighted by Crippen LogP contribution is -2.39. The smallest absolute Gasteiger partial charge is 0.193 e. The number of guanidine groups is 1. The predicted octanol–water partition coefficient (Wildman–Crippen LogP) is 2.62. The minimum Gasteiger partial charge on any atom is -0.497 e. The average Bonchev–Trinajstić information content (AvgIpc) is 3.31. The molecule has 7 nitrogen and oxygen atoms in total. The van der Waals surface area contributed by atoms with Gasteiger partial charge in [0.1, 0.15) is 11.5 Å². The van der Waals surface area contributed by atoms with Crippen LogP contribution in [0.15, 0.2) is 35.6 Å². The summed E-state index contributed by atoms with van der Waals surface area (Å²) in [6, 6.07) is 5.85. The fourth-order valence-electron chi connectivity index (χ4n) is 3.38. The molecule has 0 saturated carbocycles. The third-order valence-electron chi connectivity index (χ3n) is 4.83. The van der Waals surface area contributed by atoms with Crippen LogP contribution < -0.4 is 14.8 Å². The van der Waals surface area contributed by atoms with E-state index in [9.17, 15) is 0 Å². The third kappa shape index (κ3) is 5.06. The Hall–Kier alpha value is -1.97. The molecule has 1 aliphatic heterocycles. The first kappa shape index (κ1) is 21.3. The van der Waals surface area contributed by atoms with Gasteiger partial charge in [-0.05, 0) is 24.1 Å². The van der Waals surface area contributed by atoms with Gasteiger partial charge in [-0.2, -0.15) is 5.10 Å². The van der Waals surface area contributed by atoms with Crippen molar-refractivity contribution in [3.63, 3.8) is 0 Å². The molecule has 1 atom stereocenters. The Morgan fingerprint density at radius 3 is 2.78 bits per heavy atom. The zero-order valence-electron chi connectivity index (χ0n) is 16.3. The van der Waals surface area contributed by atoms with Crippen LogP contribution >= 0.6 is 24.0 Å². The second-order valence-electron chi connectivity index (χ2n) is 6.46. The van der Waals surface area contributed by atoms with Crippen LogP contribution in [0, 0.1) is 0 Å². The Balaban J connectivity index is 0.00000261. The first-order valence-corrected chi connectivity index (χ1v) is 8.79. The van der Waals surface area contributed by atoms with Crippen LogP contribution in [-0.2, 0) is 13.6 Å². The second kappa shape index (κ2) is 9.82. The molecule has 1 saturated heterocycles. The Bertz CT molecular complexity index is 777. The number of hydrogen-bond acceptors (Lipinski definition) is 4. The van der Waals surface area contributed by atoms with Gasteiger partial charge in [-0.15, -0.1) is 24.0 Å². The number of methoxy groups -OCH3 is 2. The van der Waals surface area contributed by atoms with Crippen molar-refractivity contribution in [3.05, 3.63) is 41.7 Å². The summed E-state index contributed by atoms with van der Waals surface area (Å²) in [6.45, 7) is 2.58. The van der Waals surface area contributed by atoms with Gasteiger partial charge >= 0.3 is 0 Å². The van der Waals surface area contributed by atoms with E-state index in [1.165, 1.54) is 5.56 Å². The molecule has 27 heavy (non-hydrogen) atoms. The van der Waals surface area contributed by atoms with Crippen LogP contribution in [0.5, 0.6) is 11.5 Å². The Morgan fingerprint density at radius 2 is 2.15 bits per heavy atom. The SMILES string of the molecule is CN=C(NCc1ccc(OC)cc1OC)N1CCC(c2cnn(C)c2)C1.I. The molecule has 3 rings (SSSR count). The highest BCUT2D eigenvalue weighted by Gasteiger charge is 2.26. The second-order valence-corrected chi connectivity index (χ2v) is 6.46. The molecule has 0 spiro atoms. The Morgan fingerprint density at radius 1 is 1.33 bits per heavy atom. The summed E-state index contributed by atoms with van der Waals surface area (Å²) in [4.78, 5) is 6.75. The van der Waals surface area contributed by atoms with Crippen LogP contribution in [-0.4, -0.2) is 55.0 Å². The molecule has 1 aromatic carbocycles. The number of benzene rings is 1. The third-order valence-corrected chi connectivity index (χ3v) is 4.83. The predicted molar refractivity (Wildman–Crippen MR) is 117 cm³/mol. The number of aryl methyl sites for hydroxylation is 1. The van der Waals surface area contributed by atoms with Crippen molar-refractivity contribution in [3.8, 4) is 11.5 Å². The van der Waals surface area contributed by atoms with Gasteiger partial charge in [0, 0.05) is 57.5 Å². The summed E-state index contributed by atoms with van der Waals surface area (Å²) in [7, 11) is 7.11. The largest absolute Gasteiger partial charge is 0.497 e. The lowest BCUT2D eigenvalue weighted by molar-refractivity contribution is 0.390. The standard InChI is InChI=1S/C19H27N5O2.HI/c1-20-19(21-10-14-5-6-17(25-3)9-18(14)26-4)24-8-7-15(13-24)16-11-22-23(2)12-16;/h5-6,9,11-12,15H,7-8,10,13H2,1-4H3,(H,20,21);1H. The van der Waals surface area contributed by atoms with Gasteiger partial charge in [-0.3, -0.25) is 9.67 Å². The number of halogens is 1. The highest BCUT2D eigenvalue weighted by atomic mass is 127. The van der Waals surface area contributed by atoms with E-state index < -0.39 is 0 Å². The van der Waals surface area contributed by atoms with Crippen molar-refractivity contribution in [1.82, 2.24) is 20.0 Å². The molecule has 0 amide bonds. The number of likely N-dealkylation sites (tertiary alicyclic amines) is 1. The summed E-state index contributed by atoms with van der Waals surface area (Å²) in [6.07, 6.45) is 5.18. The molecule has 8 heteroatoms. The monoisotopic (exact) mass is 485 g/mol. The minimum atomic E-state index is 0. The summed E-state index contributed by atoms with van der Waals surface area (Å²) < 4.78 is 12.6. The molecule has 0 aliphatic carbocycles. The van der Waals surface area contributed by atoms with Gasteiger partial charge < -0.3 is 19.7 Å². The quantitative estimate of drug-likeness (QED) is 0.401. The van der Waals surface area contributed by atoms with E-state index in [0.717, 1.165) is 42.5 Å². The summed E-state index contributed by atoms with van der Waals surface area (Å²) >= 11 is 0. The average molecular weight is 485 g/mol. The van der Waals surface area contributed by atoms with Crippen molar-refractivity contribution >= 4 is 29.9 Å². The van der Waals surface area contributed by atoms with Gasteiger partial charge in [0.15, 0.2) is 5.96 Å². The van der Waals surface area contributed by atoms with E-state index >= 15 is 0 Å². The molecule has 0 bridgehead atoms. The molecular formula is C19H28IN5O2. The molecule has 1 aliphatic rings. The van der Waals surface area contributed by atoms with Gasteiger partial charge in [0.25, 0.3) is 0 Å². The van der Waals surface area contributed by atoms with E-state index in [0.29, 0.717) is 12.5 Å². The van der Waals surface area contributed by atoms with Gasteiger partial charge in [-0.25, -0.2) is 0 Å². The first-order valence-electron chi connectivity index (χ1n) is 8.79. The molecule has 148 valence electrons. The zero-order chi connectivity index (χ0) is 18.5. The highest BCUT2D eigenvalue weighted by Crippen LogP contribution is 2.27. The molecule has 1 fully saturated rings. The number of hydrogen-bond donors (Lipinski definition) is 1. The number of aliphatic imine (C=N–C) groups is 1. The number of nitrogens with zero attached hydrogens (tertiary/aromatic N) is 4. The topological polar surface area (TPSA) is 63.9 Å². The fraction of sp³-hybridized carbons (Fsp3) is 0.474. The Labute approximate surface area is 177 Å². The van der Waals surface area contributed by atoms with Crippen LogP contribution in [0.2, 0.25) is 0 Å². The van der Waals surface area contributed by atoms with Crippen molar-refractivity contribution < 1.29 is 9.47 Å². The number of ether oxygens (including phenoxy) is 2. The maximum atomic E-state index is 5.47. The van der Waals surface area contributed by atoms with Crippen molar-refractivity contribution in [2.45, 2.75) is 18.9 Å². The maximum Gasteiger partial charge on any atom is 0.193 e. The lowest BCUT2D eigenvalue weighted by Gasteiger charge is -2.22. The van der Waals surface area contributed by atoms with Gasteiger partial charge in [-0.1, -0.05) is 0 Å². The number of rotatable bonds is 5. The highest BCUT2D eigenvalue weighted by molar-refractivity contribution is 14.0. The van der Waals surface area contributed by atoms with E-state index in [2.05, 4.69) is 26.5 Å². The lowest BCUT2D eigenvalue weighted by atomic mass is 10.0. The molecule has 1 unspecified atom stereocenters. The molecule has 2 aromatic rings. The fourth-order valence-corrected chi connectivity index (χ4v) is 3.38.